The van der Waals surface area contributed by atoms with Gasteiger partial charge >= 0.3 is 6.03 Å². The summed E-state index contributed by atoms with van der Waals surface area (Å²) < 4.78 is 16.6. The van der Waals surface area contributed by atoms with Crippen LogP contribution >= 0.6 is 0 Å². The zero-order valence-electron chi connectivity index (χ0n) is 23.7. The zero-order chi connectivity index (χ0) is 28.5. The standard InChI is InChI=1S/C29H38N4O6Si/c1-37-24-10-5-21-18-32(26(34)25(21)17-24)19-29(22-6-8-23(9-7-22)31-11-13-38-14-12-31)27(35)33(28(36)30-29)20-39-15-16-40(2,3)4/h5-10,17H,11-16,18-20H2,1-4H3,(H,30,36)/t29-/m0/s1. The zero-order valence-corrected chi connectivity index (χ0v) is 24.7. The van der Waals surface area contributed by atoms with E-state index in [0.717, 1.165) is 35.3 Å². The van der Waals surface area contributed by atoms with Gasteiger partial charge in [-0.25, -0.2) is 9.69 Å². The first-order chi connectivity index (χ1) is 19.1. The van der Waals surface area contributed by atoms with Gasteiger partial charge in [0, 0.05) is 45.6 Å². The summed E-state index contributed by atoms with van der Waals surface area (Å²) >= 11 is 0. The van der Waals surface area contributed by atoms with Crippen LogP contribution in [0.25, 0.3) is 0 Å². The largest absolute Gasteiger partial charge is 0.497 e. The Morgan fingerprint density at radius 1 is 1.02 bits per heavy atom. The first-order valence-corrected chi connectivity index (χ1v) is 17.4. The molecule has 10 nitrogen and oxygen atoms in total. The summed E-state index contributed by atoms with van der Waals surface area (Å²) in [6.07, 6.45) is 0. The lowest BCUT2D eigenvalue weighted by Gasteiger charge is -2.33. The lowest BCUT2D eigenvalue weighted by Crippen LogP contribution is -2.53. The first kappa shape index (κ1) is 28.1. The van der Waals surface area contributed by atoms with Gasteiger partial charge in [-0.2, -0.15) is 0 Å². The van der Waals surface area contributed by atoms with E-state index in [4.69, 9.17) is 14.2 Å². The van der Waals surface area contributed by atoms with Gasteiger partial charge in [-0.05, 0) is 41.4 Å². The van der Waals surface area contributed by atoms with Gasteiger partial charge in [0.1, 0.15) is 12.5 Å². The van der Waals surface area contributed by atoms with Gasteiger partial charge in [0.2, 0.25) is 0 Å². The molecule has 2 aromatic carbocycles. The second kappa shape index (κ2) is 11.2. The van der Waals surface area contributed by atoms with Crippen molar-refractivity contribution in [3.63, 3.8) is 0 Å². The van der Waals surface area contributed by atoms with Crippen molar-refractivity contribution in [3.05, 3.63) is 59.2 Å². The van der Waals surface area contributed by atoms with Crippen molar-refractivity contribution in [2.24, 2.45) is 0 Å². The number of rotatable bonds is 10. The molecule has 2 saturated heterocycles. The quantitative estimate of drug-likeness (QED) is 0.268. The molecular formula is C29H38N4O6Si. The lowest BCUT2D eigenvalue weighted by atomic mass is 9.88. The van der Waals surface area contributed by atoms with Crippen LogP contribution in [0, 0.1) is 0 Å². The molecule has 1 atom stereocenters. The van der Waals surface area contributed by atoms with E-state index in [2.05, 4.69) is 29.9 Å². The minimum atomic E-state index is -1.44. The highest BCUT2D eigenvalue weighted by molar-refractivity contribution is 6.76. The number of nitrogens with one attached hydrogen (secondary N) is 1. The summed E-state index contributed by atoms with van der Waals surface area (Å²) in [5, 5.41) is 2.95. The Bertz CT molecular complexity index is 1270. The number of methoxy groups -OCH3 is 1. The van der Waals surface area contributed by atoms with Crippen LogP contribution in [0.1, 0.15) is 21.5 Å². The molecule has 40 heavy (non-hydrogen) atoms. The number of fused-ring (bicyclic) bond motifs is 1. The topological polar surface area (TPSA) is 101 Å². The number of morpholine rings is 1. The van der Waals surface area contributed by atoms with Crippen molar-refractivity contribution < 1.29 is 28.6 Å². The Labute approximate surface area is 236 Å². The van der Waals surface area contributed by atoms with Crippen LogP contribution in [0.2, 0.25) is 25.7 Å². The Morgan fingerprint density at radius 2 is 1.75 bits per heavy atom. The molecule has 11 heteroatoms. The predicted molar refractivity (Wildman–Crippen MR) is 153 cm³/mol. The highest BCUT2D eigenvalue weighted by atomic mass is 28.3. The Morgan fingerprint density at radius 3 is 2.42 bits per heavy atom. The summed E-state index contributed by atoms with van der Waals surface area (Å²) in [6, 6.07) is 13.5. The lowest BCUT2D eigenvalue weighted by molar-refractivity contribution is -0.135. The van der Waals surface area contributed by atoms with E-state index in [1.807, 2.05) is 36.4 Å². The Hall–Kier alpha value is -3.41. The number of nitrogens with zero attached hydrogens (tertiary/aromatic N) is 3. The van der Waals surface area contributed by atoms with Crippen LogP contribution in [0.5, 0.6) is 5.75 Å². The summed E-state index contributed by atoms with van der Waals surface area (Å²) in [5.74, 6) is -0.0367. The molecule has 0 spiro atoms. The van der Waals surface area contributed by atoms with Gasteiger partial charge in [-0.1, -0.05) is 37.8 Å². The number of amides is 4. The fraction of sp³-hybridized carbons (Fsp3) is 0.483. The molecule has 3 aliphatic rings. The van der Waals surface area contributed by atoms with E-state index < -0.39 is 25.6 Å². The maximum absolute atomic E-state index is 14.1. The molecule has 2 fully saturated rings. The molecule has 3 heterocycles. The fourth-order valence-corrected chi connectivity index (χ4v) is 6.09. The van der Waals surface area contributed by atoms with E-state index in [0.29, 0.717) is 43.2 Å². The maximum Gasteiger partial charge on any atom is 0.327 e. The van der Waals surface area contributed by atoms with E-state index >= 15 is 0 Å². The second-order valence-corrected chi connectivity index (χ2v) is 17.4. The number of carbonyl (C=O) groups excluding carboxylic acids is 3. The van der Waals surface area contributed by atoms with Crippen molar-refractivity contribution >= 4 is 31.6 Å². The molecule has 1 N–H and O–H groups in total. The molecule has 2 aromatic rings. The minimum Gasteiger partial charge on any atom is -0.497 e. The van der Waals surface area contributed by atoms with Crippen molar-refractivity contribution in [3.8, 4) is 5.75 Å². The van der Waals surface area contributed by atoms with Crippen molar-refractivity contribution in [1.82, 2.24) is 15.1 Å². The van der Waals surface area contributed by atoms with Gasteiger partial charge in [0.15, 0.2) is 5.54 Å². The van der Waals surface area contributed by atoms with Gasteiger partial charge in [-0.3, -0.25) is 9.59 Å². The fourth-order valence-electron chi connectivity index (χ4n) is 5.33. The Balaban J connectivity index is 1.42. The smallest absolute Gasteiger partial charge is 0.327 e. The number of carbonyl (C=O) groups is 3. The third kappa shape index (κ3) is 5.58. The highest BCUT2D eigenvalue weighted by Crippen LogP contribution is 2.35. The number of hydrogen-bond acceptors (Lipinski definition) is 7. The van der Waals surface area contributed by atoms with Crippen molar-refractivity contribution in [2.45, 2.75) is 37.8 Å². The molecule has 0 saturated carbocycles. The maximum atomic E-state index is 14.1. The summed E-state index contributed by atoms with van der Waals surface area (Å²) in [6.45, 7) is 10.3. The molecule has 0 unspecified atom stereocenters. The van der Waals surface area contributed by atoms with Crippen LogP contribution in [0.4, 0.5) is 10.5 Å². The summed E-state index contributed by atoms with van der Waals surface area (Å²) in [7, 11) is 0.224. The number of urea groups is 1. The Kier molecular flexibility index (Phi) is 7.89. The summed E-state index contributed by atoms with van der Waals surface area (Å²) in [4.78, 5) is 45.7. The van der Waals surface area contributed by atoms with Gasteiger partial charge in [0.05, 0.1) is 26.9 Å². The SMILES string of the molecule is COc1ccc2c(c1)C(=O)N(C[C@@]1(c3ccc(N4CCOCC4)cc3)NC(=O)N(COCC[Si](C)(C)C)C1=O)C2. The first-order valence-electron chi connectivity index (χ1n) is 13.7. The number of benzene rings is 2. The molecule has 5 rings (SSSR count). The highest BCUT2D eigenvalue weighted by Gasteiger charge is 2.54. The normalized spacial score (nSPS) is 21.2. The predicted octanol–water partition coefficient (Wildman–Crippen LogP) is 3.25. The number of hydrogen-bond donors (Lipinski definition) is 1. The van der Waals surface area contributed by atoms with Gasteiger partial charge in [-0.15, -0.1) is 0 Å². The van der Waals surface area contributed by atoms with E-state index in [-0.39, 0.29) is 19.2 Å². The number of ether oxygens (including phenoxy) is 3. The van der Waals surface area contributed by atoms with Crippen LogP contribution in [-0.2, 0) is 26.4 Å². The third-order valence-corrected chi connectivity index (χ3v) is 9.46. The second-order valence-electron chi connectivity index (χ2n) is 11.7. The number of anilines is 1. The van der Waals surface area contributed by atoms with E-state index in [1.165, 1.54) is 0 Å². The molecule has 0 bridgehead atoms. The molecule has 214 valence electrons. The van der Waals surface area contributed by atoms with Crippen LogP contribution in [0.3, 0.4) is 0 Å². The van der Waals surface area contributed by atoms with Gasteiger partial charge < -0.3 is 29.3 Å². The van der Waals surface area contributed by atoms with Crippen LogP contribution < -0.4 is 15.0 Å². The van der Waals surface area contributed by atoms with E-state index in [1.54, 1.807) is 18.1 Å². The monoisotopic (exact) mass is 566 g/mol. The molecule has 0 aromatic heterocycles. The van der Waals surface area contributed by atoms with E-state index in [9.17, 15) is 14.4 Å². The van der Waals surface area contributed by atoms with Crippen molar-refractivity contribution in [1.29, 1.82) is 0 Å². The third-order valence-electron chi connectivity index (χ3n) is 7.75. The molecule has 4 amide bonds. The molecule has 0 radical (unpaired) electrons. The minimum absolute atomic E-state index is 0.00426. The molecular weight excluding hydrogens is 528 g/mol. The molecule has 3 aliphatic heterocycles. The summed E-state index contributed by atoms with van der Waals surface area (Å²) in [5.41, 5.74) is 1.59. The van der Waals surface area contributed by atoms with Crippen LogP contribution in [0.15, 0.2) is 42.5 Å². The number of imide groups is 1. The molecule has 0 aliphatic carbocycles. The average Bonchev–Trinajstić information content (AvgIpc) is 3.38. The average molecular weight is 567 g/mol. The van der Waals surface area contributed by atoms with Crippen LogP contribution in [-0.4, -0.2) is 89.0 Å². The van der Waals surface area contributed by atoms with Gasteiger partial charge in [0.25, 0.3) is 11.8 Å². The van der Waals surface area contributed by atoms with Crippen molar-refractivity contribution in [2.75, 3.05) is 58.2 Å².